The van der Waals surface area contributed by atoms with E-state index in [0.29, 0.717) is 0 Å². The highest BCUT2D eigenvalue weighted by Gasteiger charge is 2.54. The lowest BCUT2D eigenvalue weighted by Gasteiger charge is -2.55. The third-order valence-electron chi connectivity index (χ3n) is 7.64. The Kier molecular flexibility index (Phi) is 4.06. The maximum Gasteiger partial charge on any atom is 0.239 e. The summed E-state index contributed by atoms with van der Waals surface area (Å²) in [6.45, 7) is 0.0900. The average Bonchev–Trinajstić information content (AvgIpc) is 3.01. The molecule has 5 aliphatic carbocycles. The average molecular weight is 370 g/mol. The molecule has 6 heteroatoms. The van der Waals surface area contributed by atoms with E-state index < -0.39 is 0 Å². The van der Waals surface area contributed by atoms with Gasteiger partial charge in [-0.05, 0) is 75.5 Å². The Labute approximate surface area is 160 Å². The molecular weight excluding hydrogens is 340 g/mol. The van der Waals surface area contributed by atoms with Crippen molar-refractivity contribution in [1.29, 1.82) is 0 Å². The molecule has 0 spiro atoms. The number of carbonyl (C=O) groups excluding carboxylic acids is 2. The van der Waals surface area contributed by atoms with E-state index in [1.165, 1.54) is 25.0 Å². The zero-order valence-electron chi connectivity index (χ0n) is 16.2. The van der Waals surface area contributed by atoms with Gasteiger partial charge in [-0.1, -0.05) is 0 Å². The van der Waals surface area contributed by atoms with Gasteiger partial charge < -0.3 is 10.6 Å². The third-order valence-corrected chi connectivity index (χ3v) is 7.64. The van der Waals surface area contributed by atoms with Crippen LogP contribution >= 0.6 is 0 Å². The number of aromatic nitrogens is 2. The zero-order valence-corrected chi connectivity index (χ0v) is 16.2. The summed E-state index contributed by atoms with van der Waals surface area (Å²) >= 11 is 0. The van der Waals surface area contributed by atoms with Crippen molar-refractivity contribution in [3.8, 4) is 0 Å². The maximum atomic E-state index is 13.0. The first-order valence-electron chi connectivity index (χ1n) is 10.6. The summed E-state index contributed by atoms with van der Waals surface area (Å²) in [5.74, 6) is 2.25. The first-order chi connectivity index (χ1) is 13.0. The van der Waals surface area contributed by atoms with Crippen LogP contribution in [0.15, 0.2) is 6.20 Å². The van der Waals surface area contributed by atoms with Crippen LogP contribution in [0.1, 0.15) is 68.7 Å². The van der Waals surface area contributed by atoms with Crippen molar-refractivity contribution in [3.05, 3.63) is 17.5 Å². The molecule has 0 aliphatic heterocycles. The van der Waals surface area contributed by atoms with E-state index in [2.05, 4.69) is 15.7 Å². The smallest absolute Gasteiger partial charge is 0.239 e. The van der Waals surface area contributed by atoms with Crippen LogP contribution in [0.3, 0.4) is 0 Å². The minimum atomic E-state index is -0.184. The summed E-state index contributed by atoms with van der Waals surface area (Å²) in [5, 5.41) is 10.4. The lowest BCUT2D eigenvalue weighted by molar-refractivity contribution is -0.147. The van der Waals surface area contributed by atoms with Gasteiger partial charge in [-0.25, -0.2) is 0 Å². The Hall–Kier alpha value is -1.85. The molecule has 1 aromatic rings. The number of nitrogens with one attached hydrogen (secondary N) is 2. The van der Waals surface area contributed by atoms with E-state index in [0.717, 1.165) is 61.8 Å². The number of amides is 2. The molecule has 1 unspecified atom stereocenters. The molecule has 4 fully saturated rings. The Balaban J connectivity index is 1.19. The number of hydrogen-bond acceptors (Lipinski definition) is 3. The number of fused-ring (bicyclic) bond motifs is 1. The molecule has 1 atom stereocenters. The fraction of sp³-hybridized carbons (Fsp3) is 0.762. The summed E-state index contributed by atoms with van der Waals surface area (Å²) in [6, 6.07) is 0.0198. The highest BCUT2D eigenvalue weighted by atomic mass is 16.2. The molecule has 6 rings (SSSR count). The Bertz CT molecular complexity index is 733. The second-order valence-electron chi connectivity index (χ2n) is 9.56. The van der Waals surface area contributed by atoms with Gasteiger partial charge in [-0.2, -0.15) is 5.10 Å². The highest BCUT2D eigenvalue weighted by molar-refractivity contribution is 5.88. The third kappa shape index (κ3) is 2.97. The SMILES string of the molecule is Cn1ncc2c1CCCC2NC(=O)CNC(=O)C12CC3CC(CC(C3)C1)C2. The van der Waals surface area contributed by atoms with Gasteiger partial charge in [0.25, 0.3) is 0 Å². The monoisotopic (exact) mass is 370 g/mol. The molecule has 2 amide bonds. The molecule has 0 aromatic carbocycles. The van der Waals surface area contributed by atoms with Gasteiger partial charge >= 0.3 is 0 Å². The second-order valence-corrected chi connectivity index (χ2v) is 9.56. The quantitative estimate of drug-likeness (QED) is 0.853. The fourth-order valence-corrected chi connectivity index (χ4v) is 6.84. The van der Waals surface area contributed by atoms with Crippen molar-refractivity contribution in [1.82, 2.24) is 20.4 Å². The molecule has 27 heavy (non-hydrogen) atoms. The lowest BCUT2D eigenvalue weighted by atomic mass is 9.49. The molecule has 0 saturated heterocycles. The van der Waals surface area contributed by atoms with Crippen molar-refractivity contribution in [2.24, 2.45) is 30.2 Å². The summed E-state index contributed by atoms with van der Waals surface area (Å²) in [4.78, 5) is 25.5. The molecule has 146 valence electrons. The first kappa shape index (κ1) is 17.3. The Morgan fingerprint density at radius 3 is 2.52 bits per heavy atom. The van der Waals surface area contributed by atoms with Gasteiger partial charge in [0.2, 0.25) is 11.8 Å². The van der Waals surface area contributed by atoms with Gasteiger partial charge in [-0.15, -0.1) is 0 Å². The number of rotatable bonds is 4. The minimum absolute atomic E-state index is 0.0198. The minimum Gasteiger partial charge on any atom is -0.348 e. The van der Waals surface area contributed by atoms with Crippen LogP contribution in [0.2, 0.25) is 0 Å². The topological polar surface area (TPSA) is 76.0 Å². The van der Waals surface area contributed by atoms with Crippen LogP contribution in [0, 0.1) is 23.2 Å². The van der Waals surface area contributed by atoms with Crippen LogP contribution < -0.4 is 10.6 Å². The Morgan fingerprint density at radius 2 is 1.85 bits per heavy atom. The van der Waals surface area contributed by atoms with Crippen LogP contribution in [-0.4, -0.2) is 28.1 Å². The maximum absolute atomic E-state index is 13.0. The molecule has 0 radical (unpaired) electrons. The van der Waals surface area contributed by atoms with Gasteiger partial charge in [0, 0.05) is 23.7 Å². The second kappa shape index (κ2) is 6.35. The Morgan fingerprint density at radius 1 is 1.19 bits per heavy atom. The van der Waals surface area contributed by atoms with Crippen LogP contribution in [0.25, 0.3) is 0 Å². The van der Waals surface area contributed by atoms with Crippen LogP contribution in [0.5, 0.6) is 0 Å². The molecular formula is C21H30N4O2. The van der Waals surface area contributed by atoms with Crippen LogP contribution in [0.4, 0.5) is 0 Å². The standard InChI is InChI=1S/C21H30N4O2/c1-25-18-4-2-3-17(16(18)11-23-25)24-19(26)12-22-20(27)21-8-13-5-14(9-21)7-15(6-13)10-21/h11,13-15,17H,2-10,12H2,1H3,(H,22,27)(H,24,26). The van der Waals surface area contributed by atoms with E-state index in [-0.39, 0.29) is 29.8 Å². The fourth-order valence-electron chi connectivity index (χ4n) is 6.84. The summed E-state index contributed by atoms with van der Waals surface area (Å²) < 4.78 is 1.91. The predicted octanol–water partition coefficient (Wildman–Crippen LogP) is 2.25. The summed E-state index contributed by atoms with van der Waals surface area (Å²) in [5.41, 5.74) is 2.16. The number of hydrogen-bond donors (Lipinski definition) is 2. The van der Waals surface area contributed by atoms with Gasteiger partial charge in [0.15, 0.2) is 0 Å². The molecule has 1 aromatic heterocycles. The summed E-state index contributed by atoms with van der Waals surface area (Å²) in [7, 11) is 1.95. The van der Waals surface area contributed by atoms with E-state index in [1.807, 2.05) is 17.9 Å². The van der Waals surface area contributed by atoms with E-state index >= 15 is 0 Å². The van der Waals surface area contributed by atoms with Crippen molar-refractivity contribution in [2.45, 2.75) is 63.8 Å². The predicted molar refractivity (Wildman–Crippen MR) is 101 cm³/mol. The van der Waals surface area contributed by atoms with Crippen molar-refractivity contribution >= 4 is 11.8 Å². The molecule has 4 saturated carbocycles. The van der Waals surface area contributed by atoms with Crippen molar-refractivity contribution < 1.29 is 9.59 Å². The van der Waals surface area contributed by atoms with Crippen molar-refractivity contribution in [2.75, 3.05) is 6.54 Å². The van der Waals surface area contributed by atoms with Gasteiger partial charge in [-0.3, -0.25) is 14.3 Å². The first-order valence-corrected chi connectivity index (χ1v) is 10.6. The molecule has 2 N–H and O–H groups in total. The van der Waals surface area contributed by atoms with Crippen LogP contribution in [-0.2, 0) is 23.1 Å². The van der Waals surface area contributed by atoms with E-state index in [1.54, 1.807) is 0 Å². The lowest BCUT2D eigenvalue weighted by Crippen LogP contribution is -2.54. The highest BCUT2D eigenvalue weighted by Crippen LogP contribution is 2.60. The normalized spacial score (nSPS) is 36.3. The molecule has 6 nitrogen and oxygen atoms in total. The molecule has 5 aliphatic rings. The zero-order chi connectivity index (χ0) is 18.6. The van der Waals surface area contributed by atoms with Crippen molar-refractivity contribution in [3.63, 3.8) is 0 Å². The largest absolute Gasteiger partial charge is 0.348 e. The molecule has 1 heterocycles. The van der Waals surface area contributed by atoms with E-state index in [4.69, 9.17) is 0 Å². The number of carbonyl (C=O) groups is 2. The molecule has 4 bridgehead atoms. The van der Waals surface area contributed by atoms with Gasteiger partial charge in [0.1, 0.15) is 0 Å². The number of aryl methyl sites for hydroxylation is 1. The van der Waals surface area contributed by atoms with E-state index in [9.17, 15) is 9.59 Å². The number of nitrogens with zero attached hydrogens (tertiary/aromatic N) is 2. The van der Waals surface area contributed by atoms with Gasteiger partial charge in [0.05, 0.1) is 18.8 Å². The summed E-state index contributed by atoms with van der Waals surface area (Å²) in [6.07, 6.45) is 11.9.